The molecule has 0 saturated carbocycles. The Bertz CT molecular complexity index is 203. The van der Waals surface area contributed by atoms with Crippen LogP contribution in [0.25, 0.3) is 0 Å². The van der Waals surface area contributed by atoms with Gasteiger partial charge >= 0.3 is 0 Å². The third kappa shape index (κ3) is 1.70. The molecule has 3 N–H and O–H groups in total. The number of benzene rings is 1. The summed E-state index contributed by atoms with van der Waals surface area (Å²) in [6.07, 6.45) is 0. The fraction of sp³-hybridized carbons (Fsp3) is 0.143. The van der Waals surface area contributed by atoms with Gasteiger partial charge in [0.05, 0.1) is 7.11 Å². The average Bonchev–Trinajstić information content (AvgIpc) is 1.89. The summed E-state index contributed by atoms with van der Waals surface area (Å²) < 4.78 is 17.1. The Labute approximate surface area is 59.2 Å². The van der Waals surface area contributed by atoms with Crippen LogP contribution in [0.2, 0.25) is 0 Å². The molecule has 0 radical (unpaired) electrons. The zero-order chi connectivity index (χ0) is 6.69. The van der Waals surface area contributed by atoms with E-state index in [2.05, 4.69) is 4.74 Å². The molecular weight excluding hydrogens is 133 g/mol. The van der Waals surface area contributed by atoms with E-state index in [1.54, 1.807) is 18.2 Å². The van der Waals surface area contributed by atoms with E-state index in [4.69, 9.17) is 0 Å². The van der Waals surface area contributed by atoms with Gasteiger partial charge < -0.3 is 10.9 Å². The molecule has 0 atom stereocenters. The van der Waals surface area contributed by atoms with Crippen LogP contribution >= 0.6 is 0 Å². The van der Waals surface area contributed by atoms with Gasteiger partial charge in [-0.3, -0.25) is 0 Å². The van der Waals surface area contributed by atoms with Crippen LogP contribution < -0.4 is 10.9 Å². The second kappa shape index (κ2) is 3.85. The van der Waals surface area contributed by atoms with Crippen molar-refractivity contribution in [1.82, 2.24) is 6.15 Å². The Morgan fingerprint density at radius 3 is 2.30 bits per heavy atom. The summed E-state index contributed by atoms with van der Waals surface area (Å²) >= 11 is 0. The van der Waals surface area contributed by atoms with E-state index < -0.39 is 0 Å². The predicted octanol–water partition coefficient (Wildman–Crippen LogP) is 2.00. The molecule has 3 heteroatoms. The fourth-order valence-electron chi connectivity index (χ4n) is 0.610. The number of rotatable bonds is 1. The minimum Gasteiger partial charge on any atom is -0.494 e. The Morgan fingerprint density at radius 2 is 1.90 bits per heavy atom. The van der Waals surface area contributed by atoms with Gasteiger partial charge in [0.1, 0.15) is 0 Å². The van der Waals surface area contributed by atoms with Crippen LogP contribution in [0.5, 0.6) is 5.75 Å². The highest BCUT2D eigenvalue weighted by atomic mass is 19.1. The van der Waals surface area contributed by atoms with Crippen LogP contribution in [0.4, 0.5) is 4.39 Å². The molecule has 0 aromatic heterocycles. The average molecular weight is 143 g/mol. The monoisotopic (exact) mass is 143 g/mol. The molecule has 1 aromatic carbocycles. The number of hydrogen-bond donors (Lipinski definition) is 1. The standard InChI is InChI=1S/C7H7FO.H3N/c1-9-7-5-3-2-4-6(7)8;/h2-5H,1H3;1H3. The SMILES string of the molecule is COc1ccccc1F.N. The van der Waals surface area contributed by atoms with Crippen molar-refractivity contribution in [3.05, 3.63) is 30.1 Å². The Morgan fingerprint density at radius 1 is 1.30 bits per heavy atom. The summed E-state index contributed by atoms with van der Waals surface area (Å²) in [4.78, 5) is 0. The van der Waals surface area contributed by atoms with E-state index in [1.165, 1.54) is 13.2 Å². The molecule has 0 aliphatic rings. The van der Waals surface area contributed by atoms with E-state index in [0.717, 1.165) is 0 Å². The van der Waals surface area contributed by atoms with Crippen LogP contribution in [0, 0.1) is 5.82 Å². The van der Waals surface area contributed by atoms with E-state index in [9.17, 15) is 4.39 Å². The Balaban J connectivity index is 0.000000810. The molecule has 10 heavy (non-hydrogen) atoms. The number of halogens is 1. The van der Waals surface area contributed by atoms with Gasteiger partial charge in [0.25, 0.3) is 0 Å². The van der Waals surface area contributed by atoms with Crippen LogP contribution in [0.3, 0.4) is 0 Å². The lowest BCUT2D eigenvalue weighted by atomic mass is 10.3. The van der Waals surface area contributed by atoms with Crippen LogP contribution in [0.1, 0.15) is 0 Å². The van der Waals surface area contributed by atoms with Crippen molar-refractivity contribution >= 4 is 0 Å². The lowest BCUT2D eigenvalue weighted by Gasteiger charge is -1.97. The van der Waals surface area contributed by atoms with Gasteiger partial charge in [0, 0.05) is 0 Å². The molecule has 0 aliphatic carbocycles. The molecule has 56 valence electrons. The van der Waals surface area contributed by atoms with Crippen molar-refractivity contribution in [2.75, 3.05) is 7.11 Å². The highest BCUT2D eigenvalue weighted by molar-refractivity contribution is 5.23. The summed E-state index contributed by atoms with van der Waals surface area (Å²) in [6.45, 7) is 0. The van der Waals surface area contributed by atoms with Gasteiger partial charge in [0.2, 0.25) is 0 Å². The normalized spacial score (nSPS) is 8.20. The molecule has 2 nitrogen and oxygen atoms in total. The molecule has 0 amide bonds. The topological polar surface area (TPSA) is 44.2 Å². The number of hydrogen-bond acceptors (Lipinski definition) is 2. The zero-order valence-corrected chi connectivity index (χ0v) is 5.80. The quantitative estimate of drug-likeness (QED) is 0.653. The van der Waals surface area contributed by atoms with Crippen molar-refractivity contribution in [1.29, 1.82) is 0 Å². The van der Waals surface area contributed by atoms with Gasteiger partial charge in [0.15, 0.2) is 11.6 Å². The number of para-hydroxylation sites is 1. The molecule has 0 saturated heterocycles. The minimum atomic E-state index is -0.319. The summed E-state index contributed by atoms with van der Waals surface area (Å²) in [5, 5.41) is 0. The molecule has 0 bridgehead atoms. The first-order chi connectivity index (χ1) is 4.34. The minimum absolute atomic E-state index is 0. The largest absolute Gasteiger partial charge is 0.494 e. The van der Waals surface area contributed by atoms with Gasteiger partial charge in [-0.05, 0) is 12.1 Å². The van der Waals surface area contributed by atoms with E-state index in [1.807, 2.05) is 0 Å². The highest BCUT2D eigenvalue weighted by Gasteiger charge is 1.95. The Kier molecular flexibility index (Phi) is 3.43. The predicted molar refractivity (Wildman–Crippen MR) is 38.0 cm³/mol. The third-order valence-corrected chi connectivity index (χ3v) is 1.06. The number of methoxy groups -OCH3 is 1. The maximum Gasteiger partial charge on any atom is 0.165 e. The molecule has 0 spiro atoms. The van der Waals surface area contributed by atoms with Gasteiger partial charge in [-0.2, -0.15) is 0 Å². The molecule has 0 fully saturated rings. The molecule has 1 aromatic rings. The van der Waals surface area contributed by atoms with Crippen molar-refractivity contribution in [3.8, 4) is 5.75 Å². The first-order valence-electron chi connectivity index (χ1n) is 2.63. The van der Waals surface area contributed by atoms with Crippen molar-refractivity contribution in [2.24, 2.45) is 0 Å². The van der Waals surface area contributed by atoms with E-state index in [0.29, 0.717) is 0 Å². The van der Waals surface area contributed by atoms with Gasteiger partial charge in [-0.15, -0.1) is 0 Å². The first-order valence-corrected chi connectivity index (χ1v) is 2.63. The second-order valence-electron chi connectivity index (χ2n) is 1.63. The Hall–Kier alpha value is -1.09. The summed E-state index contributed by atoms with van der Waals surface area (Å²) in [5.74, 6) is -0.0301. The van der Waals surface area contributed by atoms with Gasteiger partial charge in [-0.1, -0.05) is 12.1 Å². The van der Waals surface area contributed by atoms with Crippen LogP contribution in [-0.2, 0) is 0 Å². The molecule has 0 aliphatic heterocycles. The summed E-state index contributed by atoms with van der Waals surface area (Å²) in [6, 6.07) is 6.29. The smallest absolute Gasteiger partial charge is 0.165 e. The first kappa shape index (κ1) is 8.91. The second-order valence-corrected chi connectivity index (χ2v) is 1.63. The maximum atomic E-state index is 12.5. The molecule has 0 heterocycles. The highest BCUT2D eigenvalue weighted by Crippen LogP contribution is 2.13. The van der Waals surface area contributed by atoms with E-state index >= 15 is 0 Å². The lowest BCUT2D eigenvalue weighted by molar-refractivity contribution is 0.386. The third-order valence-electron chi connectivity index (χ3n) is 1.06. The summed E-state index contributed by atoms with van der Waals surface area (Å²) in [7, 11) is 1.44. The van der Waals surface area contributed by atoms with Crippen molar-refractivity contribution in [3.63, 3.8) is 0 Å². The van der Waals surface area contributed by atoms with Crippen LogP contribution in [0.15, 0.2) is 24.3 Å². The summed E-state index contributed by atoms with van der Waals surface area (Å²) in [5.41, 5.74) is 0. The fourth-order valence-corrected chi connectivity index (χ4v) is 0.610. The molecule has 0 unspecified atom stereocenters. The number of ether oxygens (including phenoxy) is 1. The molecule has 1 rings (SSSR count). The maximum absolute atomic E-state index is 12.5. The zero-order valence-electron chi connectivity index (χ0n) is 5.80. The van der Waals surface area contributed by atoms with Gasteiger partial charge in [-0.25, -0.2) is 4.39 Å². The van der Waals surface area contributed by atoms with Crippen LogP contribution in [-0.4, -0.2) is 7.11 Å². The van der Waals surface area contributed by atoms with Crippen molar-refractivity contribution in [2.45, 2.75) is 0 Å². The van der Waals surface area contributed by atoms with E-state index in [-0.39, 0.29) is 17.7 Å². The van der Waals surface area contributed by atoms with Crippen molar-refractivity contribution < 1.29 is 9.13 Å². The molecular formula is C7H10FNO. The lowest BCUT2D eigenvalue weighted by Crippen LogP contribution is -1.85.